The van der Waals surface area contributed by atoms with E-state index < -0.39 is 72.5 Å². The molecule has 0 aromatic carbocycles. The summed E-state index contributed by atoms with van der Waals surface area (Å²) in [7, 11) is 0. The van der Waals surface area contributed by atoms with Crippen LogP contribution in [0.15, 0.2) is 0 Å². The molecule has 2 fully saturated rings. The van der Waals surface area contributed by atoms with E-state index in [4.69, 9.17) is 0 Å². The zero-order valence-electron chi connectivity index (χ0n) is 15.7. The Hall–Kier alpha value is -2.02. The molecular formula is C12HF19O6. The van der Waals surface area contributed by atoms with E-state index >= 15 is 0 Å². The highest BCUT2D eigenvalue weighted by Gasteiger charge is 2.94. The highest BCUT2D eigenvalue weighted by Crippen LogP contribution is 2.63. The number of rotatable bonds is 3. The standard InChI is InChI=1S/C12HF19O6/c13-4(14,15)1-5(16,17)35-3(33-1,8(19,20)21)2(32)34-12(30,31)7(10(25,26)27)36-6(18,9(22,23)24)11(28,29)37-7/h1H. The third kappa shape index (κ3) is 4.39. The van der Waals surface area contributed by atoms with Gasteiger partial charge in [-0.05, 0) is 0 Å². The molecule has 2 aliphatic heterocycles. The van der Waals surface area contributed by atoms with Crippen molar-refractivity contribution in [1.29, 1.82) is 0 Å². The SMILES string of the molecule is O=C(OC(F)(F)C1(C(F)(F)F)OC(F)(F)C(F)(C(F)(F)F)O1)C1(C(F)(F)F)OC(C(F)(F)F)C(F)(F)O1. The van der Waals surface area contributed by atoms with Gasteiger partial charge in [0.25, 0.3) is 0 Å². The quantitative estimate of drug-likeness (QED) is 0.332. The number of hydrogen-bond donors (Lipinski definition) is 0. The fraction of sp³-hybridized carbons (Fsp3) is 0.917. The maximum atomic E-state index is 14.2. The van der Waals surface area contributed by atoms with Gasteiger partial charge in [0.05, 0.1) is 0 Å². The molecule has 6 nitrogen and oxygen atoms in total. The number of ether oxygens (including phenoxy) is 5. The summed E-state index contributed by atoms with van der Waals surface area (Å²) >= 11 is 0. The first-order valence-corrected chi connectivity index (χ1v) is 7.94. The van der Waals surface area contributed by atoms with Gasteiger partial charge in [0.15, 0.2) is 0 Å². The Morgan fingerprint density at radius 3 is 1.41 bits per heavy atom. The van der Waals surface area contributed by atoms with E-state index in [2.05, 4.69) is 14.2 Å². The van der Waals surface area contributed by atoms with E-state index in [1.54, 1.807) is 0 Å². The van der Waals surface area contributed by atoms with E-state index in [-0.39, 0.29) is 0 Å². The average molecular weight is 602 g/mol. The summed E-state index contributed by atoms with van der Waals surface area (Å²) in [6.07, 6.45) is -55.1. The number of alkyl halides is 19. The van der Waals surface area contributed by atoms with Crippen molar-refractivity contribution in [2.75, 3.05) is 0 Å². The molecule has 0 aromatic rings. The van der Waals surface area contributed by atoms with Gasteiger partial charge in [-0.3, -0.25) is 14.2 Å². The van der Waals surface area contributed by atoms with Crippen molar-refractivity contribution in [1.82, 2.24) is 0 Å². The van der Waals surface area contributed by atoms with Gasteiger partial charge in [0.1, 0.15) is 0 Å². The molecule has 4 unspecified atom stereocenters. The Balaban J connectivity index is 2.65. The Bertz CT molecular complexity index is 918. The summed E-state index contributed by atoms with van der Waals surface area (Å²) in [5, 5.41) is 0. The molecule has 0 spiro atoms. The molecule has 0 saturated carbocycles. The van der Waals surface area contributed by atoms with Crippen molar-refractivity contribution in [2.45, 2.75) is 66.6 Å². The molecule has 0 bridgehead atoms. The van der Waals surface area contributed by atoms with Gasteiger partial charge >= 0.3 is 66.4 Å². The van der Waals surface area contributed by atoms with Crippen LogP contribution in [-0.2, 0) is 28.5 Å². The zero-order chi connectivity index (χ0) is 29.7. The van der Waals surface area contributed by atoms with E-state index in [0.29, 0.717) is 0 Å². The number of carbonyl (C=O) groups excluding carboxylic acids is 1. The van der Waals surface area contributed by atoms with Crippen molar-refractivity contribution in [3.8, 4) is 0 Å². The molecule has 4 atom stereocenters. The first-order chi connectivity index (χ1) is 15.8. The third-order valence-electron chi connectivity index (χ3n) is 4.08. The monoisotopic (exact) mass is 602 g/mol. The molecule has 0 aliphatic carbocycles. The largest absolute Gasteiger partial charge is 0.466 e. The van der Waals surface area contributed by atoms with E-state index in [0.717, 1.165) is 0 Å². The van der Waals surface area contributed by atoms with Crippen molar-refractivity contribution >= 4 is 5.97 Å². The van der Waals surface area contributed by atoms with Gasteiger partial charge in [-0.2, -0.15) is 83.4 Å². The first-order valence-electron chi connectivity index (χ1n) is 7.94. The molecule has 37 heavy (non-hydrogen) atoms. The lowest BCUT2D eigenvalue weighted by molar-refractivity contribution is -0.487. The maximum absolute atomic E-state index is 14.2. The van der Waals surface area contributed by atoms with Crippen LogP contribution in [0.4, 0.5) is 83.4 Å². The van der Waals surface area contributed by atoms with Crippen LogP contribution in [0.1, 0.15) is 0 Å². The van der Waals surface area contributed by atoms with Gasteiger partial charge in [-0.25, -0.2) is 4.79 Å². The Labute approximate surface area is 186 Å². The predicted molar refractivity (Wildman–Crippen MR) is 62.6 cm³/mol. The van der Waals surface area contributed by atoms with Crippen LogP contribution in [-0.4, -0.2) is 72.5 Å². The van der Waals surface area contributed by atoms with Crippen molar-refractivity contribution in [3.63, 3.8) is 0 Å². The normalized spacial score (nSPS) is 35.1. The Kier molecular flexibility index (Phi) is 6.55. The lowest BCUT2D eigenvalue weighted by Gasteiger charge is -2.36. The van der Waals surface area contributed by atoms with Gasteiger partial charge in [-0.15, -0.1) is 0 Å². The highest BCUT2D eigenvalue weighted by atomic mass is 19.4. The summed E-state index contributed by atoms with van der Waals surface area (Å²) in [6, 6.07) is 0. The van der Waals surface area contributed by atoms with Gasteiger partial charge in [0, 0.05) is 0 Å². The zero-order valence-corrected chi connectivity index (χ0v) is 15.7. The second kappa shape index (κ2) is 7.77. The molecule has 218 valence electrons. The number of carbonyl (C=O) groups is 1. The van der Waals surface area contributed by atoms with Gasteiger partial charge < -0.3 is 9.47 Å². The van der Waals surface area contributed by atoms with Crippen LogP contribution in [0.2, 0.25) is 0 Å². The summed E-state index contributed by atoms with van der Waals surface area (Å²) in [4.78, 5) is 11.6. The summed E-state index contributed by atoms with van der Waals surface area (Å²) in [5.74, 6) is -25.4. The minimum atomic E-state index is -7.62. The predicted octanol–water partition coefficient (Wildman–Crippen LogP) is 5.08. The third-order valence-corrected chi connectivity index (χ3v) is 4.08. The minimum absolute atomic E-state index is 2.01. The highest BCUT2D eigenvalue weighted by molar-refractivity contribution is 5.80. The molecule has 0 aromatic heterocycles. The van der Waals surface area contributed by atoms with Crippen LogP contribution in [0, 0.1) is 0 Å². The Morgan fingerprint density at radius 1 is 0.649 bits per heavy atom. The number of esters is 1. The first kappa shape index (κ1) is 31.2. The molecule has 2 saturated heterocycles. The van der Waals surface area contributed by atoms with Gasteiger partial charge in [-0.1, -0.05) is 0 Å². The van der Waals surface area contributed by atoms with Crippen molar-refractivity contribution in [2.24, 2.45) is 0 Å². The molecule has 2 heterocycles. The Morgan fingerprint density at radius 2 is 1.11 bits per heavy atom. The van der Waals surface area contributed by atoms with Crippen LogP contribution in [0.3, 0.4) is 0 Å². The smallest absolute Gasteiger partial charge is 0.392 e. The van der Waals surface area contributed by atoms with Crippen LogP contribution in [0.25, 0.3) is 0 Å². The molecule has 2 aliphatic rings. The molecule has 0 N–H and O–H groups in total. The lowest BCUT2D eigenvalue weighted by Crippen LogP contribution is -2.65. The maximum Gasteiger partial charge on any atom is 0.466 e. The number of hydrogen-bond acceptors (Lipinski definition) is 6. The van der Waals surface area contributed by atoms with E-state index in [1.807, 2.05) is 9.47 Å². The minimum Gasteiger partial charge on any atom is -0.392 e. The second-order valence-electron chi connectivity index (χ2n) is 6.65. The second-order valence-corrected chi connectivity index (χ2v) is 6.65. The topological polar surface area (TPSA) is 63.2 Å². The summed E-state index contributed by atoms with van der Waals surface area (Å²) in [6.45, 7) is 0. The fourth-order valence-corrected chi connectivity index (χ4v) is 2.49. The molecule has 2 rings (SSSR count). The molecule has 0 amide bonds. The van der Waals surface area contributed by atoms with E-state index in [9.17, 15) is 88.2 Å². The van der Waals surface area contributed by atoms with Crippen LogP contribution in [0.5, 0.6) is 0 Å². The number of halogens is 19. The summed E-state index contributed by atoms with van der Waals surface area (Å²) in [5.41, 5.74) is 0. The lowest BCUT2D eigenvalue weighted by atomic mass is 10.2. The van der Waals surface area contributed by atoms with Gasteiger partial charge in [0.2, 0.25) is 6.10 Å². The average Bonchev–Trinajstić information content (AvgIpc) is 3.03. The van der Waals surface area contributed by atoms with E-state index in [1.165, 1.54) is 0 Å². The molecule has 0 radical (unpaired) electrons. The molecular weight excluding hydrogens is 601 g/mol. The van der Waals surface area contributed by atoms with Crippen LogP contribution >= 0.6 is 0 Å². The fourth-order valence-electron chi connectivity index (χ4n) is 2.49. The molecule has 25 heteroatoms. The van der Waals surface area contributed by atoms with Crippen molar-refractivity contribution < 1.29 is 112 Å². The van der Waals surface area contributed by atoms with Crippen LogP contribution < -0.4 is 0 Å². The van der Waals surface area contributed by atoms with Crippen molar-refractivity contribution in [3.05, 3.63) is 0 Å². The summed E-state index contributed by atoms with van der Waals surface area (Å²) < 4.78 is 261.